The van der Waals surface area contributed by atoms with E-state index in [1.54, 1.807) is 31.3 Å². The summed E-state index contributed by atoms with van der Waals surface area (Å²) in [6.45, 7) is -0.0947. The first-order valence-corrected chi connectivity index (χ1v) is 7.54. The Morgan fingerprint density at radius 1 is 1.39 bits per heavy atom. The number of hydrogen-bond donors (Lipinski definition) is 1. The number of amides is 2. The van der Waals surface area contributed by atoms with Crippen molar-refractivity contribution < 1.29 is 9.59 Å². The highest BCUT2D eigenvalue weighted by Gasteiger charge is 2.43. The average Bonchev–Trinajstić information content (AvgIpc) is 3.04. The van der Waals surface area contributed by atoms with Crippen molar-refractivity contribution >= 4 is 17.5 Å². The molecule has 2 amide bonds. The second-order valence-electron chi connectivity index (χ2n) is 5.84. The van der Waals surface area contributed by atoms with Crippen molar-refractivity contribution in [3.05, 3.63) is 29.8 Å². The van der Waals surface area contributed by atoms with Crippen LogP contribution in [0.4, 0.5) is 5.69 Å². The number of terminal acetylenes is 1. The van der Waals surface area contributed by atoms with Crippen molar-refractivity contribution in [1.29, 1.82) is 5.26 Å². The van der Waals surface area contributed by atoms with E-state index < -0.39 is 5.41 Å². The molecule has 118 valence electrons. The molecule has 0 spiro atoms. The van der Waals surface area contributed by atoms with Gasteiger partial charge in [0.05, 0.1) is 12.6 Å². The van der Waals surface area contributed by atoms with Gasteiger partial charge in [0.25, 0.3) is 0 Å². The molecule has 1 saturated carbocycles. The van der Waals surface area contributed by atoms with Gasteiger partial charge in [-0.25, -0.2) is 0 Å². The van der Waals surface area contributed by atoms with Gasteiger partial charge in [0, 0.05) is 18.3 Å². The molecule has 0 heterocycles. The predicted molar refractivity (Wildman–Crippen MR) is 87.2 cm³/mol. The average molecular weight is 309 g/mol. The number of carbonyl (C=O) groups excluding carboxylic acids is 2. The van der Waals surface area contributed by atoms with Crippen molar-refractivity contribution in [3.8, 4) is 18.4 Å². The molecule has 0 radical (unpaired) electrons. The molecule has 1 aliphatic rings. The van der Waals surface area contributed by atoms with Crippen molar-refractivity contribution in [2.75, 3.05) is 18.9 Å². The summed E-state index contributed by atoms with van der Waals surface area (Å²) in [6, 6.07) is 9.09. The van der Waals surface area contributed by atoms with Crippen LogP contribution in [0.15, 0.2) is 24.3 Å². The first-order valence-electron chi connectivity index (χ1n) is 7.54. The summed E-state index contributed by atoms with van der Waals surface area (Å²) in [4.78, 5) is 25.9. The maximum Gasteiger partial charge on any atom is 0.243 e. The van der Waals surface area contributed by atoms with Crippen LogP contribution in [0, 0.1) is 29.1 Å². The lowest BCUT2D eigenvalue weighted by atomic mass is 9.86. The predicted octanol–water partition coefficient (Wildman–Crippen LogP) is 2.15. The zero-order valence-corrected chi connectivity index (χ0v) is 13.1. The van der Waals surface area contributed by atoms with E-state index in [0.717, 1.165) is 12.8 Å². The SMILES string of the molecule is C#Cc1cccc(NC(=O)CN(C)C(=O)C2(C#N)CCCC2)c1. The molecule has 1 aromatic rings. The van der Waals surface area contributed by atoms with Crippen LogP contribution in [-0.4, -0.2) is 30.3 Å². The van der Waals surface area contributed by atoms with Crippen LogP contribution < -0.4 is 5.32 Å². The first kappa shape index (κ1) is 16.6. The van der Waals surface area contributed by atoms with E-state index in [4.69, 9.17) is 6.42 Å². The third kappa shape index (κ3) is 3.70. The molecule has 5 heteroatoms. The summed E-state index contributed by atoms with van der Waals surface area (Å²) < 4.78 is 0. The Labute approximate surface area is 136 Å². The molecule has 0 unspecified atom stereocenters. The lowest BCUT2D eigenvalue weighted by molar-refractivity contribution is -0.139. The maximum atomic E-state index is 12.5. The fourth-order valence-corrected chi connectivity index (χ4v) is 2.89. The molecule has 0 atom stereocenters. The highest BCUT2D eigenvalue weighted by molar-refractivity contribution is 5.96. The fourth-order valence-electron chi connectivity index (χ4n) is 2.89. The molecule has 0 saturated heterocycles. The highest BCUT2D eigenvalue weighted by Crippen LogP contribution is 2.38. The smallest absolute Gasteiger partial charge is 0.243 e. The van der Waals surface area contributed by atoms with E-state index >= 15 is 0 Å². The molecule has 23 heavy (non-hydrogen) atoms. The molecule has 1 N–H and O–H groups in total. The van der Waals surface area contributed by atoms with Gasteiger partial charge in [-0.05, 0) is 31.0 Å². The van der Waals surface area contributed by atoms with Gasteiger partial charge in [-0.2, -0.15) is 5.26 Å². The zero-order valence-electron chi connectivity index (χ0n) is 13.1. The number of likely N-dealkylation sites (N-methyl/N-ethyl adjacent to an activating group) is 1. The van der Waals surface area contributed by atoms with E-state index in [1.165, 1.54) is 4.90 Å². The van der Waals surface area contributed by atoms with Gasteiger partial charge in [0.15, 0.2) is 0 Å². The van der Waals surface area contributed by atoms with Gasteiger partial charge in [-0.1, -0.05) is 24.8 Å². The molecule has 0 bridgehead atoms. The van der Waals surface area contributed by atoms with E-state index in [-0.39, 0.29) is 18.4 Å². The van der Waals surface area contributed by atoms with Gasteiger partial charge in [-0.3, -0.25) is 9.59 Å². The van der Waals surface area contributed by atoms with Crippen molar-refractivity contribution in [2.45, 2.75) is 25.7 Å². The summed E-state index contributed by atoms with van der Waals surface area (Å²) in [5.74, 6) is 1.91. The van der Waals surface area contributed by atoms with E-state index in [1.807, 2.05) is 0 Å². The molecule has 5 nitrogen and oxygen atoms in total. The molecule has 1 aromatic carbocycles. The van der Waals surface area contributed by atoms with E-state index in [0.29, 0.717) is 24.1 Å². The van der Waals surface area contributed by atoms with Crippen LogP contribution in [0.1, 0.15) is 31.2 Å². The standard InChI is InChI=1S/C18H19N3O2/c1-3-14-7-6-8-15(11-14)20-16(22)12-21(2)17(23)18(13-19)9-4-5-10-18/h1,6-8,11H,4-5,9-10,12H2,2H3,(H,20,22). The van der Waals surface area contributed by atoms with Crippen LogP contribution in [-0.2, 0) is 9.59 Å². The molecular formula is C18H19N3O2. The minimum Gasteiger partial charge on any atom is -0.335 e. The third-order valence-corrected chi connectivity index (χ3v) is 4.12. The number of nitrogens with one attached hydrogen (secondary N) is 1. The number of nitriles is 1. The second-order valence-corrected chi connectivity index (χ2v) is 5.84. The Bertz CT molecular complexity index is 691. The first-order chi connectivity index (χ1) is 11.0. The lowest BCUT2D eigenvalue weighted by Gasteiger charge is -2.26. The van der Waals surface area contributed by atoms with Gasteiger partial charge < -0.3 is 10.2 Å². The Morgan fingerprint density at radius 3 is 2.70 bits per heavy atom. The van der Waals surface area contributed by atoms with Crippen molar-refractivity contribution in [2.24, 2.45) is 5.41 Å². The van der Waals surface area contributed by atoms with Gasteiger partial charge in [0.1, 0.15) is 5.41 Å². The number of rotatable bonds is 4. The van der Waals surface area contributed by atoms with Crippen LogP contribution in [0.3, 0.4) is 0 Å². The van der Waals surface area contributed by atoms with Crippen molar-refractivity contribution in [3.63, 3.8) is 0 Å². The van der Waals surface area contributed by atoms with Crippen LogP contribution >= 0.6 is 0 Å². The zero-order chi connectivity index (χ0) is 16.9. The summed E-state index contributed by atoms with van der Waals surface area (Å²) in [5.41, 5.74) is 0.294. The minimum atomic E-state index is -0.960. The number of hydrogen-bond acceptors (Lipinski definition) is 3. The Hall–Kier alpha value is -2.79. The third-order valence-electron chi connectivity index (χ3n) is 4.12. The summed E-state index contributed by atoms with van der Waals surface area (Å²) >= 11 is 0. The molecule has 1 aliphatic carbocycles. The summed E-state index contributed by atoms with van der Waals surface area (Å²) in [5, 5.41) is 12.1. The monoisotopic (exact) mass is 309 g/mol. The van der Waals surface area contributed by atoms with Gasteiger partial charge >= 0.3 is 0 Å². The fraction of sp³-hybridized carbons (Fsp3) is 0.389. The van der Waals surface area contributed by atoms with Crippen LogP contribution in [0.25, 0.3) is 0 Å². The van der Waals surface area contributed by atoms with Gasteiger partial charge in [0.2, 0.25) is 11.8 Å². The molecule has 1 fully saturated rings. The summed E-state index contributed by atoms with van der Waals surface area (Å²) in [6.07, 6.45) is 8.21. The topological polar surface area (TPSA) is 73.2 Å². The Kier molecular flexibility index (Phi) is 5.03. The van der Waals surface area contributed by atoms with E-state index in [2.05, 4.69) is 17.3 Å². The minimum absolute atomic E-state index is 0.0947. The van der Waals surface area contributed by atoms with Gasteiger partial charge in [-0.15, -0.1) is 6.42 Å². The number of benzene rings is 1. The Balaban J connectivity index is 1.98. The Morgan fingerprint density at radius 2 is 2.09 bits per heavy atom. The maximum absolute atomic E-state index is 12.5. The highest BCUT2D eigenvalue weighted by atomic mass is 16.2. The number of nitrogens with zero attached hydrogens (tertiary/aromatic N) is 2. The number of anilines is 1. The lowest BCUT2D eigenvalue weighted by Crippen LogP contribution is -2.43. The molecule has 0 aromatic heterocycles. The van der Waals surface area contributed by atoms with Crippen LogP contribution in [0.5, 0.6) is 0 Å². The number of carbonyl (C=O) groups is 2. The van der Waals surface area contributed by atoms with Crippen molar-refractivity contribution in [1.82, 2.24) is 4.90 Å². The largest absolute Gasteiger partial charge is 0.335 e. The molecular weight excluding hydrogens is 290 g/mol. The quantitative estimate of drug-likeness (QED) is 0.866. The van der Waals surface area contributed by atoms with Crippen LogP contribution in [0.2, 0.25) is 0 Å². The molecule has 2 rings (SSSR count). The molecule has 0 aliphatic heterocycles. The second kappa shape index (κ2) is 6.98. The summed E-state index contributed by atoms with van der Waals surface area (Å²) in [7, 11) is 1.55. The normalized spacial score (nSPS) is 15.3. The van der Waals surface area contributed by atoms with E-state index in [9.17, 15) is 14.9 Å².